The van der Waals surface area contributed by atoms with Crippen LogP contribution in [0.4, 0.5) is 5.13 Å². The van der Waals surface area contributed by atoms with E-state index in [0.29, 0.717) is 66.3 Å². The molecule has 0 radical (unpaired) electrons. The van der Waals surface area contributed by atoms with E-state index < -0.39 is 15.9 Å². The number of carbonyl (C=O) groups is 1. The Bertz CT molecular complexity index is 1490. The Morgan fingerprint density at radius 2 is 1.85 bits per heavy atom. The molecular formula is C29H36N6O4S2. The molecule has 0 bridgehead atoms. The van der Waals surface area contributed by atoms with E-state index in [1.807, 2.05) is 6.07 Å². The fourth-order valence-electron chi connectivity index (χ4n) is 5.73. The highest BCUT2D eigenvalue weighted by atomic mass is 32.2. The third-order valence-electron chi connectivity index (χ3n) is 8.04. The lowest BCUT2D eigenvalue weighted by molar-refractivity contribution is -0.118. The summed E-state index contributed by atoms with van der Waals surface area (Å²) in [5, 5.41) is 12.2. The van der Waals surface area contributed by atoms with Gasteiger partial charge in [-0.2, -0.15) is 9.57 Å². The van der Waals surface area contributed by atoms with Crippen molar-refractivity contribution in [3.63, 3.8) is 0 Å². The Kier molecular flexibility index (Phi) is 9.49. The molecule has 3 aromatic rings. The molecule has 1 aliphatic carbocycles. The molecule has 1 unspecified atom stereocenters. The number of nitrogens with zero attached hydrogens (tertiary/aromatic N) is 5. The number of ether oxygens (including phenoxy) is 1. The van der Waals surface area contributed by atoms with E-state index in [4.69, 9.17) is 10.00 Å². The van der Waals surface area contributed by atoms with Crippen molar-refractivity contribution in [1.29, 1.82) is 5.26 Å². The molecule has 0 spiro atoms. The second kappa shape index (κ2) is 13.2. The quantitative estimate of drug-likeness (QED) is 0.318. The van der Waals surface area contributed by atoms with Crippen LogP contribution in [0.1, 0.15) is 56.4 Å². The number of amides is 1. The molecular weight excluding hydrogens is 560 g/mol. The van der Waals surface area contributed by atoms with Gasteiger partial charge >= 0.3 is 0 Å². The van der Waals surface area contributed by atoms with E-state index in [0.717, 1.165) is 31.4 Å². The number of hydrogen-bond acceptors (Lipinski definition) is 9. The van der Waals surface area contributed by atoms with Crippen LogP contribution in [-0.2, 0) is 14.8 Å². The largest absolute Gasteiger partial charge is 0.481 e. The molecule has 5 rings (SSSR count). The van der Waals surface area contributed by atoms with E-state index in [-0.39, 0.29) is 10.8 Å². The summed E-state index contributed by atoms with van der Waals surface area (Å²) in [6, 6.07) is 12.5. The molecule has 10 nitrogen and oxygen atoms in total. The van der Waals surface area contributed by atoms with Gasteiger partial charge in [-0.15, -0.1) is 0 Å². The number of unbranched alkanes of at least 4 members (excludes halogenated alkanes) is 1. The summed E-state index contributed by atoms with van der Waals surface area (Å²) in [4.78, 5) is 25.7. The van der Waals surface area contributed by atoms with Gasteiger partial charge in [0.15, 0.2) is 5.13 Å². The standard InChI is InChI=1S/C29H36N6O4S2/c1-39-26-13-12-25-28(32-26)40-29(31-25)33-27(36)24(20-21-6-2-3-7-21)22-8-10-23(11-9-22)41(37,38)35-18-16-34(17-19-35)15-5-4-14-30/h8-13,21,24H,2-7,15-20H2,1H3,(H,31,33,36). The van der Waals surface area contributed by atoms with Crippen LogP contribution in [0.3, 0.4) is 0 Å². The number of benzene rings is 1. The normalized spacial score (nSPS) is 17.9. The van der Waals surface area contributed by atoms with Gasteiger partial charge in [-0.05, 0) is 49.1 Å². The highest BCUT2D eigenvalue weighted by Gasteiger charge is 2.30. The Labute approximate surface area is 245 Å². The first-order chi connectivity index (χ1) is 19.9. The average molecular weight is 597 g/mol. The predicted octanol–water partition coefficient (Wildman–Crippen LogP) is 4.61. The number of pyridine rings is 1. The lowest BCUT2D eigenvalue weighted by Gasteiger charge is -2.33. The molecule has 2 aliphatic rings. The van der Waals surface area contributed by atoms with Gasteiger partial charge in [0.25, 0.3) is 0 Å². The first kappa shape index (κ1) is 29.4. The average Bonchev–Trinajstić information content (AvgIpc) is 3.65. The number of anilines is 1. The van der Waals surface area contributed by atoms with Crippen molar-refractivity contribution in [2.45, 2.75) is 55.8 Å². The molecule has 1 amide bonds. The topological polar surface area (TPSA) is 129 Å². The van der Waals surface area contributed by atoms with Crippen LogP contribution in [0.15, 0.2) is 41.3 Å². The van der Waals surface area contributed by atoms with Crippen molar-refractivity contribution in [2.24, 2.45) is 5.92 Å². The maximum Gasteiger partial charge on any atom is 0.243 e. The molecule has 41 heavy (non-hydrogen) atoms. The highest BCUT2D eigenvalue weighted by molar-refractivity contribution is 7.89. The second-order valence-electron chi connectivity index (χ2n) is 10.7. The summed E-state index contributed by atoms with van der Waals surface area (Å²) in [7, 11) is -2.08. The van der Waals surface area contributed by atoms with E-state index in [1.54, 1.807) is 37.4 Å². The number of methoxy groups -OCH3 is 1. The van der Waals surface area contributed by atoms with Gasteiger partial charge in [0.1, 0.15) is 10.3 Å². The minimum atomic E-state index is -3.64. The van der Waals surface area contributed by atoms with Crippen LogP contribution in [0, 0.1) is 17.2 Å². The van der Waals surface area contributed by atoms with Gasteiger partial charge in [-0.1, -0.05) is 49.2 Å². The number of carbonyl (C=O) groups excluding carboxylic acids is 1. The summed E-state index contributed by atoms with van der Waals surface area (Å²) in [5.74, 6) is 0.387. The predicted molar refractivity (Wildman–Crippen MR) is 158 cm³/mol. The maximum absolute atomic E-state index is 13.6. The van der Waals surface area contributed by atoms with Crippen LogP contribution in [-0.4, -0.2) is 73.3 Å². The lowest BCUT2D eigenvalue weighted by atomic mass is 9.87. The molecule has 1 aliphatic heterocycles. The van der Waals surface area contributed by atoms with Gasteiger partial charge in [0, 0.05) is 38.7 Å². The fraction of sp³-hybridized carbons (Fsp3) is 0.517. The van der Waals surface area contributed by atoms with E-state index in [2.05, 4.69) is 26.3 Å². The Morgan fingerprint density at radius 1 is 1.12 bits per heavy atom. The minimum absolute atomic E-state index is 0.147. The Morgan fingerprint density at radius 3 is 2.54 bits per heavy atom. The Hall–Kier alpha value is -3.11. The summed E-state index contributed by atoms with van der Waals surface area (Å²) in [5.41, 5.74) is 1.49. The molecule has 1 atom stereocenters. The maximum atomic E-state index is 13.6. The van der Waals surface area contributed by atoms with Crippen molar-refractivity contribution in [3.8, 4) is 11.9 Å². The van der Waals surface area contributed by atoms with Crippen LogP contribution in [0.2, 0.25) is 0 Å². The number of nitriles is 1. The van der Waals surface area contributed by atoms with Gasteiger partial charge in [-0.3, -0.25) is 4.79 Å². The lowest BCUT2D eigenvalue weighted by Crippen LogP contribution is -2.48. The summed E-state index contributed by atoms with van der Waals surface area (Å²) in [6.07, 6.45) is 6.57. The first-order valence-electron chi connectivity index (χ1n) is 14.2. The molecule has 1 aromatic carbocycles. The van der Waals surface area contributed by atoms with Gasteiger partial charge < -0.3 is 15.0 Å². The molecule has 1 saturated heterocycles. The van der Waals surface area contributed by atoms with Crippen LogP contribution in [0.25, 0.3) is 10.3 Å². The number of rotatable bonds is 11. The molecule has 2 aromatic heterocycles. The zero-order chi connectivity index (χ0) is 28.8. The van der Waals surface area contributed by atoms with Gasteiger partial charge in [0.2, 0.25) is 21.8 Å². The van der Waals surface area contributed by atoms with Crippen LogP contribution < -0.4 is 10.1 Å². The smallest absolute Gasteiger partial charge is 0.243 e. The molecule has 3 heterocycles. The number of fused-ring (bicyclic) bond motifs is 1. The van der Waals surface area contributed by atoms with Crippen molar-refractivity contribution in [2.75, 3.05) is 45.2 Å². The summed E-state index contributed by atoms with van der Waals surface area (Å²) >= 11 is 1.30. The number of nitrogens with one attached hydrogen (secondary N) is 1. The van der Waals surface area contributed by atoms with Crippen LogP contribution >= 0.6 is 11.3 Å². The monoisotopic (exact) mass is 596 g/mol. The van der Waals surface area contributed by atoms with Crippen molar-refractivity contribution < 1.29 is 17.9 Å². The molecule has 2 fully saturated rings. The van der Waals surface area contributed by atoms with Crippen molar-refractivity contribution in [1.82, 2.24) is 19.2 Å². The van der Waals surface area contributed by atoms with Gasteiger partial charge in [-0.25, -0.2) is 18.4 Å². The van der Waals surface area contributed by atoms with Crippen molar-refractivity contribution >= 4 is 42.7 Å². The number of aromatic nitrogens is 2. The molecule has 1 N–H and O–H groups in total. The number of sulfonamides is 1. The summed E-state index contributed by atoms with van der Waals surface area (Å²) in [6.45, 7) is 2.96. The fourth-order valence-corrected chi connectivity index (χ4v) is 7.98. The molecule has 12 heteroatoms. The first-order valence-corrected chi connectivity index (χ1v) is 16.4. The number of piperazine rings is 1. The third kappa shape index (κ3) is 7.04. The zero-order valence-corrected chi connectivity index (χ0v) is 24.9. The van der Waals surface area contributed by atoms with Gasteiger partial charge in [0.05, 0.1) is 24.0 Å². The number of thiazole rings is 1. The van der Waals surface area contributed by atoms with E-state index >= 15 is 0 Å². The minimum Gasteiger partial charge on any atom is -0.481 e. The van der Waals surface area contributed by atoms with Crippen molar-refractivity contribution in [3.05, 3.63) is 42.0 Å². The highest BCUT2D eigenvalue weighted by Crippen LogP contribution is 2.36. The van der Waals surface area contributed by atoms with E-state index in [1.165, 1.54) is 28.5 Å². The number of hydrogen-bond donors (Lipinski definition) is 1. The zero-order valence-electron chi connectivity index (χ0n) is 23.3. The molecule has 218 valence electrons. The summed E-state index contributed by atoms with van der Waals surface area (Å²) < 4.78 is 33.5. The second-order valence-corrected chi connectivity index (χ2v) is 13.6. The SMILES string of the molecule is COc1ccc2nc(NC(=O)C(CC3CCCC3)c3ccc(S(=O)(=O)N4CCN(CCCC#N)CC4)cc3)sc2n1. The third-order valence-corrected chi connectivity index (χ3v) is 10.8. The Balaban J connectivity index is 1.29. The molecule has 1 saturated carbocycles. The van der Waals surface area contributed by atoms with Crippen LogP contribution in [0.5, 0.6) is 5.88 Å². The van der Waals surface area contributed by atoms with E-state index in [9.17, 15) is 13.2 Å².